The first-order valence-corrected chi connectivity index (χ1v) is 7.40. The Balaban J connectivity index is 2.19. The second kappa shape index (κ2) is 7.38. The Morgan fingerprint density at radius 3 is 3.00 bits per heavy atom. The van der Waals surface area contributed by atoms with Gasteiger partial charge in [0, 0.05) is 23.7 Å². The van der Waals surface area contributed by atoms with Crippen LogP contribution in [0.1, 0.15) is 12.0 Å². The maximum absolute atomic E-state index is 11.7. The molecule has 106 valence electrons. The summed E-state index contributed by atoms with van der Waals surface area (Å²) in [5, 5.41) is 2.61. The molecule has 0 spiro atoms. The van der Waals surface area contributed by atoms with Gasteiger partial charge in [0.1, 0.15) is 0 Å². The molecule has 2 rings (SSSR count). The average molecular weight is 311 g/mol. The smallest absolute Gasteiger partial charge is 0.250 e. The molecule has 0 aliphatic carbocycles. The summed E-state index contributed by atoms with van der Waals surface area (Å²) in [6.45, 7) is 0.984. The van der Waals surface area contributed by atoms with Crippen LogP contribution in [0, 0.1) is 0 Å². The number of thiazole rings is 1. The van der Waals surface area contributed by atoms with E-state index in [2.05, 4.69) is 4.99 Å². The van der Waals surface area contributed by atoms with Gasteiger partial charge in [0.2, 0.25) is 0 Å². The average Bonchev–Trinajstić information content (AvgIpc) is 2.86. The van der Waals surface area contributed by atoms with Crippen molar-refractivity contribution in [3.05, 3.63) is 51.2 Å². The standard InChI is InChI=1S/C14H15ClN2O2S/c1-19-8-6-13(18)16-14-17(7-9-20-14)10-11-4-2-3-5-12(11)15/h2-5,7,9H,6,8,10H2,1H3. The van der Waals surface area contributed by atoms with Gasteiger partial charge in [0.05, 0.1) is 19.6 Å². The van der Waals surface area contributed by atoms with Crippen LogP contribution in [0.15, 0.2) is 40.8 Å². The third-order valence-corrected chi connectivity index (χ3v) is 3.86. The first-order valence-electron chi connectivity index (χ1n) is 6.14. The number of aromatic nitrogens is 1. The lowest BCUT2D eigenvalue weighted by Crippen LogP contribution is -2.17. The third-order valence-electron chi connectivity index (χ3n) is 2.70. The Hall–Kier alpha value is -1.43. The molecule has 1 heterocycles. The number of nitrogens with zero attached hydrogens (tertiary/aromatic N) is 2. The zero-order valence-corrected chi connectivity index (χ0v) is 12.7. The Kier molecular flexibility index (Phi) is 5.52. The highest BCUT2D eigenvalue weighted by atomic mass is 35.5. The quantitative estimate of drug-likeness (QED) is 0.852. The van der Waals surface area contributed by atoms with Gasteiger partial charge in [-0.2, -0.15) is 4.99 Å². The minimum Gasteiger partial charge on any atom is -0.384 e. The second-order valence-corrected chi connectivity index (χ2v) is 5.43. The van der Waals surface area contributed by atoms with Gasteiger partial charge in [-0.3, -0.25) is 4.79 Å². The van der Waals surface area contributed by atoms with Crippen molar-refractivity contribution in [2.45, 2.75) is 13.0 Å². The molecule has 6 heteroatoms. The van der Waals surface area contributed by atoms with E-state index in [1.54, 1.807) is 7.11 Å². The summed E-state index contributed by atoms with van der Waals surface area (Å²) in [6, 6.07) is 7.65. The maximum atomic E-state index is 11.7. The first-order chi connectivity index (χ1) is 9.70. The molecule has 20 heavy (non-hydrogen) atoms. The summed E-state index contributed by atoms with van der Waals surface area (Å²) in [5.74, 6) is -0.179. The molecule has 1 amide bonds. The van der Waals surface area contributed by atoms with Gasteiger partial charge in [0.25, 0.3) is 5.91 Å². The van der Waals surface area contributed by atoms with Gasteiger partial charge in [-0.25, -0.2) is 0 Å². The zero-order chi connectivity index (χ0) is 14.4. The van der Waals surface area contributed by atoms with Crippen LogP contribution in [0.25, 0.3) is 0 Å². The Labute approximate surface area is 126 Å². The number of hydrogen-bond donors (Lipinski definition) is 0. The number of carbonyl (C=O) groups is 1. The highest BCUT2D eigenvalue weighted by molar-refractivity contribution is 7.07. The lowest BCUT2D eigenvalue weighted by molar-refractivity contribution is -0.118. The van der Waals surface area contributed by atoms with E-state index >= 15 is 0 Å². The molecule has 0 aliphatic heterocycles. The SMILES string of the molecule is COCCC(=O)N=c1sccn1Cc1ccccc1Cl. The van der Waals surface area contributed by atoms with Crippen LogP contribution in [-0.4, -0.2) is 24.2 Å². The van der Waals surface area contributed by atoms with Gasteiger partial charge in [-0.05, 0) is 11.6 Å². The lowest BCUT2D eigenvalue weighted by Gasteiger charge is -2.05. The zero-order valence-electron chi connectivity index (χ0n) is 11.1. The molecule has 1 aromatic carbocycles. The second-order valence-electron chi connectivity index (χ2n) is 4.15. The van der Waals surface area contributed by atoms with Crippen LogP contribution in [0.5, 0.6) is 0 Å². The fourth-order valence-corrected chi connectivity index (χ4v) is 2.61. The largest absolute Gasteiger partial charge is 0.384 e. The van der Waals surface area contributed by atoms with Crippen LogP contribution in [0.2, 0.25) is 5.02 Å². The van der Waals surface area contributed by atoms with Gasteiger partial charge in [-0.15, -0.1) is 11.3 Å². The van der Waals surface area contributed by atoms with E-state index in [4.69, 9.17) is 16.3 Å². The number of hydrogen-bond acceptors (Lipinski definition) is 3. The van der Waals surface area contributed by atoms with Crippen molar-refractivity contribution in [1.29, 1.82) is 0 Å². The van der Waals surface area contributed by atoms with E-state index < -0.39 is 0 Å². The van der Waals surface area contributed by atoms with Gasteiger partial charge >= 0.3 is 0 Å². The Bertz CT molecular complexity index is 648. The van der Waals surface area contributed by atoms with Crippen LogP contribution >= 0.6 is 22.9 Å². The van der Waals surface area contributed by atoms with Crippen LogP contribution in [-0.2, 0) is 16.1 Å². The predicted molar refractivity (Wildman–Crippen MR) is 79.9 cm³/mol. The third kappa shape index (κ3) is 4.03. The number of benzene rings is 1. The van der Waals surface area contributed by atoms with E-state index in [1.807, 2.05) is 40.4 Å². The minimum atomic E-state index is -0.179. The summed E-state index contributed by atoms with van der Waals surface area (Å²) < 4.78 is 6.78. The number of methoxy groups -OCH3 is 1. The summed E-state index contributed by atoms with van der Waals surface area (Å²) in [6.07, 6.45) is 2.19. The normalized spacial score (nSPS) is 11.8. The van der Waals surface area contributed by atoms with Crippen LogP contribution in [0.3, 0.4) is 0 Å². The number of rotatable bonds is 5. The summed E-state index contributed by atoms with van der Waals surface area (Å²) in [7, 11) is 1.57. The molecule has 0 bridgehead atoms. The number of amides is 1. The molecule has 0 fully saturated rings. The molecule has 4 nitrogen and oxygen atoms in total. The van der Waals surface area contributed by atoms with Crippen molar-refractivity contribution in [2.75, 3.05) is 13.7 Å². The van der Waals surface area contributed by atoms with E-state index in [9.17, 15) is 4.79 Å². The van der Waals surface area contributed by atoms with Gasteiger partial charge in [-0.1, -0.05) is 29.8 Å². The summed E-state index contributed by atoms with van der Waals surface area (Å²) in [5.41, 5.74) is 0.998. The summed E-state index contributed by atoms with van der Waals surface area (Å²) in [4.78, 5) is 16.4. The highest BCUT2D eigenvalue weighted by Crippen LogP contribution is 2.15. The summed E-state index contributed by atoms with van der Waals surface area (Å²) >= 11 is 7.57. The van der Waals surface area contributed by atoms with E-state index in [1.165, 1.54) is 11.3 Å². The predicted octanol–water partition coefficient (Wildman–Crippen LogP) is 2.72. The van der Waals surface area contributed by atoms with Crippen molar-refractivity contribution in [3.8, 4) is 0 Å². The van der Waals surface area contributed by atoms with E-state index in [-0.39, 0.29) is 5.91 Å². The Morgan fingerprint density at radius 2 is 2.25 bits per heavy atom. The molecule has 0 aliphatic rings. The van der Waals surface area contributed by atoms with E-state index in [0.717, 1.165) is 5.56 Å². The van der Waals surface area contributed by atoms with Crippen LogP contribution in [0.4, 0.5) is 0 Å². The molecule has 0 atom stereocenters. The van der Waals surface area contributed by atoms with Gasteiger partial charge in [0.15, 0.2) is 4.80 Å². The minimum absolute atomic E-state index is 0.179. The highest BCUT2D eigenvalue weighted by Gasteiger charge is 2.04. The van der Waals surface area contributed by atoms with Crippen molar-refractivity contribution in [2.24, 2.45) is 4.99 Å². The van der Waals surface area contributed by atoms with Gasteiger partial charge < -0.3 is 9.30 Å². The molecule has 0 saturated carbocycles. The molecule has 0 radical (unpaired) electrons. The van der Waals surface area contributed by atoms with Crippen molar-refractivity contribution in [1.82, 2.24) is 4.57 Å². The molecule has 1 aromatic heterocycles. The van der Waals surface area contributed by atoms with Crippen LogP contribution < -0.4 is 4.80 Å². The van der Waals surface area contributed by atoms with Crippen molar-refractivity contribution >= 4 is 28.8 Å². The first kappa shape index (κ1) is 15.0. The molecule has 0 unspecified atom stereocenters. The lowest BCUT2D eigenvalue weighted by atomic mass is 10.2. The molecule has 2 aromatic rings. The fourth-order valence-electron chi connectivity index (χ4n) is 1.67. The monoisotopic (exact) mass is 310 g/mol. The maximum Gasteiger partial charge on any atom is 0.250 e. The number of halogens is 1. The van der Waals surface area contributed by atoms with E-state index in [0.29, 0.717) is 29.4 Å². The van der Waals surface area contributed by atoms with Crippen molar-refractivity contribution < 1.29 is 9.53 Å². The molecule has 0 saturated heterocycles. The Morgan fingerprint density at radius 1 is 1.45 bits per heavy atom. The number of carbonyl (C=O) groups excluding carboxylic acids is 1. The molecular formula is C14H15ClN2O2S. The molecule has 0 N–H and O–H groups in total. The topological polar surface area (TPSA) is 43.6 Å². The molecular weight excluding hydrogens is 296 g/mol. The number of ether oxygens (including phenoxy) is 1. The fraction of sp³-hybridized carbons (Fsp3) is 0.286. The van der Waals surface area contributed by atoms with Crippen molar-refractivity contribution in [3.63, 3.8) is 0 Å².